The van der Waals surface area contributed by atoms with Crippen LogP contribution in [0.1, 0.15) is 52.6 Å². The Bertz CT molecular complexity index is 901. The molecular weight excluding hydrogens is 369 g/mol. The molecule has 0 radical (unpaired) electrons. The number of fused-ring (bicyclic) bond motifs is 1. The van der Waals surface area contributed by atoms with Crippen LogP contribution in [0.3, 0.4) is 0 Å². The molecule has 152 valence electrons. The number of hydrogen-bond acceptors (Lipinski definition) is 3. The van der Waals surface area contributed by atoms with Crippen LogP contribution in [0.5, 0.6) is 5.75 Å². The van der Waals surface area contributed by atoms with Crippen LogP contribution in [-0.4, -0.2) is 28.2 Å². The number of alkyl halides is 3. The van der Waals surface area contributed by atoms with Crippen LogP contribution in [-0.2, 0) is 4.79 Å². The summed E-state index contributed by atoms with van der Waals surface area (Å²) in [6.07, 6.45) is -4.60. The minimum absolute atomic E-state index is 0.00427. The van der Waals surface area contributed by atoms with Crippen molar-refractivity contribution in [2.75, 3.05) is 0 Å². The molecule has 0 saturated carbocycles. The third-order valence-electron chi connectivity index (χ3n) is 4.64. The van der Waals surface area contributed by atoms with E-state index in [0.29, 0.717) is 16.5 Å². The van der Waals surface area contributed by atoms with Gasteiger partial charge in [-0.3, -0.25) is 10.2 Å². The summed E-state index contributed by atoms with van der Waals surface area (Å²) in [5, 5.41) is 2.15. The highest BCUT2D eigenvalue weighted by atomic mass is 19.4. The van der Waals surface area contributed by atoms with Gasteiger partial charge in [0, 0.05) is 12.0 Å². The zero-order valence-corrected chi connectivity index (χ0v) is 16.6. The van der Waals surface area contributed by atoms with Crippen molar-refractivity contribution in [2.24, 2.45) is 0 Å². The first-order valence-electron chi connectivity index (χ1n) is 9.15. The molecule has 0 aliphatic carbocycles. The van der Waals surface area contributed by atoms with Crippen molar-refractivity contribution in [2.45, 2.75) is 64.4 Å². The summed E-state index contributed by atoms with van der Waals surface area (Å²) in [6.45, 7) is 8.77. The fourth-order valence-electron chi connectivity index (χ4n) is 3.63. The summed E-state index contributed by atoms with van der Waals surface area (Å²) < 4.78 is 48.8. The van der Waals surface area contributed by atoms with Crippen LogP contribution in [0.4, 0.5) is 13.2 Å². The smallest absolute Gasteiger partial charge is 0.409 e. The summed E-state index contributed by atoms with van der Waals surface area (Å²) in [6, 6.07) is 8.08. The van der Waals surface area contributed by atoms with Gasteiger partial charge in [0.15, 0.2) is 6.04 Å². The first kappa shape index (κ1) is 20.5. The van der Waals surface area contributed by atoms with Crippen LogP contribution >= 0.6 is 0 Å². The van der Waals surface area contributed by atoms with Gasteiger partial charge in [0.05, 0.1) is 0 Å². The number of halogens is 3. The first-order chi connectivity index (χ1) is 12.8. The monoisotopic (exact) mass is 394 g/mol. The minimum Gasteiger partial charge on any atom is -0.488 e. The molecule has 1 fully saturated rings. The maximum atomic E-state index is 14.3. The van der Waals surface area contributed by atoms with Gasteiger partial charge in [-0.15, -0.1) is 0 Å². The lowest BCUT2D eigenvalue weighted by Gasteiger charge is -2.38. The molecule has 1 N–H and O–H groups in total. The Morgan fingerprint density at radius 2 is 1.79 bits per heavy atom. The SMILES string of the molecule is CC(C)(C)Oc1cc(C(N2NC(=O)CC2(C)C)C(F)(F)F)c2ccccc2c1. The fraction of sp³-hybridized carbons (Fsp3) is 0.476. The van der Waals surface area contributed by atoms with Crippen molar-refractivity contribution in [1.82, 2.24) is 10.4 Å². The summed E-state index contributed by atoms with van der Waals surface area (Å²) in [5.74, 6) is -0.0653. The van der Waals surface area contributed by atoms with Gasteiger partial charge in [-0.1, -0.05) is 24.3 Å². The maximum Gasteiger partial charge on any atom is 0.409 e. The number of hydrogen-bond donors (Lipinski definition) is 1. The van der Waals surface area contributed by atoms with E-state index in [1.54, 1.807) is 44.2 Å². The molecular formula is C21H25F3N2O2. The number of nitrogens with one attached hydrogen (secondary N) is 1. The van der Waals surface area contributed by atoms with E-state index in [2.05, 4.69) is 5.43 Å². The topological polar surface area (TPSA) is 41.6 Å². The Kier molecular flexibility index (Phi) is 4.86. The van der Waals surface area contributed by atoms with E-state index in [-0.39, 0.29) is 12.0 Å². The lowest BCUT2D eigenvalue weighted by Crippen LogP contribution is -2.51. The Morgan fingerprint density at radius 1 is 1.14 bits per heavy atom. The standard InChI is InChI=1S/C21H25F3N2O2/c1-19(2,3)28-14-10-13-8-6-7-9-15(13)16(11-14)18(21(22,23)24)26-20(4,5)12-17(27)25-26/h6-11,18H,12H2,1-5H3,(H,25,27). The predicted octanol–water partition coefficient (Wildman–Crippen LogP) is 5.14. The summed E-state index contributed by atoms with van der Waals surface area (Å²) in [5.41, 5.74) is 0.923. The molecule has 1 saturated heterocycles. The Labute approximate surface area is 162 Å². The largest absolute Gasteiger partial charge is 0.488 e. The van der Waals surface area contributed by atoms with Gasteiger partial charge in [-0.05, 0) is 63.1 Å². The number of rotatable bonds is 3. The van der Waals surface area contributed by atoms with Gasteiger partial charge in [-0.2, -0.15) is 18.2 Å². The van der Waals surface area contributed by atoms with Gasteiger partial charge in [0.2, 0.25) is 5.91 Å². The highest BCUT2D eigenvalue weighted by molar-refractivity contribution is 5.88. The number of carbonyl (C=O) groups excluding carboxylic acids is 1. The fourth-order valence-corrected chi connectivity index (χ4v) is 3.63. The van der Waals surface area contributed by atoms with Crippen molar-refractivity contribution in [3.63, 3.8) is 0 Å². The second-order valence-corrected chi connectivity index (χ2v) is 8.79. The molecule has 28 heavy (non-hydrogen) atoms. The van der Waals surface area contributed by atoms with E-state index >= 15 is 0 Å². The quantitative estimate of drug-likeness (QED) is 0.784. The molecule has 0 aromatic heterocycles. The highest BCUT2D eigenvalue weighted by Gasteiger charge is 2.53. The van der Waals surface area contributed by atoms with Crippen LogP contribution in [0.25, 0.3) is 10.8 Å². The lowest BCUT2D eigenvalue weighted by atomic mass is 9.93. The molecule has 7 heteroatoms. The van der Waals surface area contributed by atoms with Gasteiger partial charge in [0.1, 0.15) is 11.4 Å². The van der Waals surface area contributed by atoms with E-state index < -0.39 is 29.3 Å². The van der Waals surface area contributed by atoms with Crippen LogP contribution < -0.4 is 10.2 Å². The Hall–Kier alpha value is -2.28. The zero-order valence-electron chi connectivity index (χ0n) is 16.6. The highest BCUT2D eigenvalue weighted by Crippen LogP contribution is 2.46. The molecule has 1 aliphatic heterocycles. The number of amides is 1. The maximum absolute atomic E-state index is 14.3. The minimum atomic E-state index is -4.60. The molecule has 1 heterocycles. The molecule has 0 spiro atoms. The van der Waals surface area contributed by atoms with Crippen LogP contribution in [0, 0.1) is 0 Å². The van der Waals surface area contributed by atoms with Crippen molar-refractivity contribution >= 4 is 16.7 Å². The van der Waals surface area contributed by atoms with Crippen molar-refractivity contribution in [1.29, 1.82) is 0 Å². The molecule has 0 bridgehead atoms. The van der Waals surface area contributed by atoms with E-state index in [0.717, 1.165) is 5.01 Å². The number of nitrogens with zero attached hydrogens (tertiary/aromatic N) is 1. The van der Waals surface area contributed by atoms with E-state index in [1.165, 1.54) is 6.07 Å². The average Bonchev–Trinajstić information content (AvgIpc) is 2.76. The molecule has 2 aromatic carbocycles. The molecule has 1 aliphatic rings. The van der Waals surface area contributed by atoms with Gasteiger partial charge in [0.25, 0.3) is 0 Å². The van der Waals surface area contributed by atoms with Gasteiger partial charge < -0.3 is 4.74 Å². The normalized spacial score (nSPS) is 18.9. The number of ether oxygens (including phenoxy) is 1. The summed E-state index contributed by atoms with van der Waals surface area (Å²) >= 11 is 0. The third-order valence-corrected chi connectivity index (χ3v) is 4.64. The van der Waals surface area contributed by atoms with E-state index in [9.17, 15) is 18.0 Å². The number of hydrazine groups is 1. The van der Waals surface area contributed by atoms with Gasteiger partial charge in [-0.25, -0.2) is 0 Å². The Balaban J connectivity index is 2.23. The summed E-state index contributed by atoms with van der Waals surface area (Å²) in [4.78, 5) is 11.9. The van der Waals surface area contributed by atoms with Crippen molar-refractivity contribution in [3.05, 3.63) is 42.0 Å². The third kappa shape index (κ3) is 4.09. The Morgan fingerprint density at radius 3 is 2.32 bits per heavy atom. The molecule has 1 atom stereocenters. The molecule has 1 amide bonds. The van der Waals surface area contributed by atoms with Gasteiger partial charge >= 0.3 is 6.18 Å². The lowest BCUT2D eigenvalue weighted by molar-refractivity contribution is -0.203. The molecule has 4 nitrogen and oxygen atoms in total. The van der Waals surface area contributed by atoms with E-state index in [1.807, 2.05) is 20.8 Å². The average molecular weight is 394 g/mol. The number of carbonyl (C=O) groups is 1. The van der Waals surface area contributed by atoms with Crippen LogP contribution in [0.15, 0.2) is 36.4 Å². The van der Waals surface area contributed by atoms with Crippen molar-refractivity contribution < 1.29 is 22.7 Å². The van der Waals surface area contributed by atoms with E-state index in [4.69, 9.17) is 4.74 Å². The molecule has 2 aromatic rings. The predicted molar refractivity (Wildman–Crippen MR) is 102 cm³/mol. The number of benzene rings is 2. The molecule has 1 unspecified atom stereocenters. The molecule has 3 rings (SSSR count). The second kappa shape index (κ2) is 6.65. The second-order valence-electron chi connectivity index (χ2n) is 8.79. The van der Waals surface area contributed by atoms with Crippen molar-refractivity contribution in [3.8, 4) is 5.75 Å². The van der Waals surface area contributed by atoms with Crippen LogP contribution in [0.2, 0.25) is 0 Å². The first-order valence-corrected chi connectivity index (χ1v) is 9.15. The summed E-state index contributed by atoms with van der Waals surface area (Å²) in [7, 11) is 0. The zero-order chi connectivity index (χ0) is 20.9.